The van der Waals surface area contributed by atoms with E-state index in [2.05, 4.69) is 15.6 Å². The second-order valence-electron chi connectivity index (χ2n) is 6.48. The van der Waals surface area contributed by atoms with Crippen LogP contribution in [-0.4, -0.2) is 45.3 Å². The predicted molar refractivity (Wildman–Crippen MR) is 108 cm³/mol. The van der Waals surface area contributed by atoms with Crippen LogP contribution in [0, 0.1) is 5.82 Å². The monoisotopic (exact) mass is 401 g/mol. The second kappa shape index (κ2) is 9.88. The fourth-order valence-electron chi connectivity index (χ4n) is 2.92. The van der Waals surface area contributed by atoms with Gasteiger partial charge in [0.05, 0.1) is 26.9 Å². The summed E-state index contributed by atoms with van der Waals surface area (Å²) in [4.78, 5) is 17.0. The van der Waals surface area contributed by atoms with E-state index < -0.39 is 11.7 Å². The number of nitrogens with zero attached hydrogens (tertiary/aromatic N) is 1. The third kappa shape index (κ3) is 5.68. The smallest absolute Gasteiger partial charge is 0.257 e. The molecule has 1 saturated heterocycles. The molecular formula is C21H24FN3O4. The first-order chi connectivity index (χ1) is 14.1. The SMILES string of the molecule is COc1ccc(NC(=NC[C@H]2CCCO2)NC(=O)c2ccc(F)cc2)cc1OC. The normalized spacial score (nSPS) is 16.4. The molecule has 1 amide bonds. The lowest BCUT2D eigenvalue weighted by Crippen LogP contribution is -2.36. The number of guanidine groups is 1. The molecule has 3 rings (SSSR count). The van der Waals surface area contributed by atoms with Gasteiger partial charge in [-0.1, -0.05) is 0 Å². The number of aliphatic imine (C=N–C) groups is 1. The average Bonchev–Trinajstić information content (AvgIpc) is 3.26. The van der Waals surface area contributed by atoms with Crippen molar-refractivity contribution >= 4 is 17.6 Å². The molecule has 0 radical (unpaired) electrons. The van der Waals surface area contributed by atoms with Crippen LogP contribution in [0.4, 0.5) is 10.1 Å². The number of carbonyl (C=O) groups is 1. The minimum absolute atomic E-state index is 0.0277. The first-order valence-corrected chi connectivity index (χ1v) is 9.31. The summed E-state index contributed by atoms with van der Waals surface area (Å²) in [5.41, 5.74) is 0.985. The molecule has 154 valence electrons. The van der Waals surface area contributed by atoms with E-state index in [-0.39, 0.29) is 12.1 Å². The molecule has 7 nitrogen and oxygen atoms in total. The molecule has 2 aromatic carbocycles. The van der Waals surface area contributed by atoms with Gasteiger partial charge < -0.3 is 19.5 Å². The van der Waals surface area contributed by atoms with Crippen LogP contribution in [-0.2, 0) is 4.74 Å². The van der Waals surface area contributed by atoms with Gasteiger partial charge in [0.2, 0.25) is 5.96 Å². The highest BCUT2D eigenvalue weighted by atomic mass is 19.1. The first kappa shape index (κ1) is 20.6. The number of ether oxygens (including phenoxy) is 3. The Morgan fingerprint density at radius 2 is 1.93 bits per heavy atom. The van der Waals surface area contributed by atoms with Gasteiger partial charge in [-0.25, -0.2) is 9.38 Å². The molecule has 1 aliphatic heterocycles. The van der Waals surface area contributed by atoms with Crippen molar-refractivity contribution in [1.82, 2.24) is 5.32 Å². The number of hydrogen-bond acceptors (Lipinski definition) is 5. The molecule has 29 heavy (non-hydrogen) atoms. The Morgan fingerprint density at radius 1 is 1.17 bits per heavy atom. The average molecular weight is 401 g/mol. The van der Waals surface area contributed by atoms with Gasteiger partial charge in [0, 0.05) is 23.9 Å². The van der Waals surface area contributed by atoms with Gasteiger partial charge in [0.25, 0.3) is 5.91 Å². The van der Waals surface area contributed by atoms with Crippen molar-refractivity contribution in [1.29, 1.82) is 0 Å². The van der Waals surface area contributed by atoms with Gasteiger partial charge >= 0.3 is 0 Å². The van der Waals surface area contributed by atoms with Gasteiger partial charge in [-0.3, -0.25) is 10.1 Å². The second-order valence-corrected chi connectivity index (χ2v) is 6.48. The summed E-state index contributed by atoms with van der Waals surface area (Å²) in [6.45, 7) is 1.14. The van der Waals surface area contributed by atoms with Crippen molar-refractivity contribution in [2.24, 2.45) is 4.99 Å². The molecule has 0 aliphatic carbocycles. The van der Waals surface area contributed by atoms with Gasteiger partial charge in [0.15, 0.2) is 11.5 Å². The molecule has 1 fully saturated rings. The number of anilines is 1. The first-order valence-electron chi connectivity index (χ1n) is 9.31. The molecule has 1 atom stereocenters. The third-order valence-electron chi connectivity index (χ3n) is 4.46. The Labute approximate surface area is 168 Å². The number of benzene rings is 2. The number of rotatable bonds is 6. The van der Waals surface area contributed by atoms with E-state index in [9.17, 15) is 9.18 Å². The van der Waals surface area contributed by atoms with Crippen molar-refractivity contribution in [2.45, 2.75) is 18.9 Å². The molecule has 0 spiro atoms. The number of amides is 1. The molecule has 0 bridgehead atoms. The van der Waals surface area contributed by atoms with E-state index in [1.54, 1.807) is 32.4 Å². The van der Waals surface area contributed by atoms with Crippen LogP contribution in [0.3, 0.4) is 0 Å². The molecular weight excluding hydrogens is 377 g/mol. The zero-order valence-corrected chi connectivity index (χ0v) is 16.4. The molecule has 1 aliphatic rings. The number of methoxy groups -OCH3 is 2. The fraction of sp³-hybridized carbons (Fsp3) is 0.333. The zero-order chi connectivity index (χ0) is 20.6. The number of carbonyl (C=O) groups excluding carboxylic acids is 1. The quantitative estimate of drug-likeness (QED) is 0.574. The Balaban J connectivity index is 1.77. The predicted octanol–water partition coefficient (Wildman–Crippen LogP) is 3.22. The Morgan fingerprint density at radius 3 is 2.59 bits per heavy atom. The van der Waals surface area contributed by atoms with Crippen LogP contribution in [0.2, 0.25) is 0 Å². The minimum atomic E-state index is -0.405. The molecule has 0 unspecified atom stereocenters. The highest BCUT2D eigenvalue weighted by molar-refractivity contribution is 6.10. The van der Waals surface area contributed by atoms with Crippen LogP contribution in [0.15, 0.2) is 47.5 Å². The van der Waals surface area contributed by atoms with Crippen molar-refractivity contribution < 1.29 is 23.4 Å². The largest absolute Gasteiger partial charge is 0.493 e. The van der Waals surface area contributed by atoms with E-state index >= 15 is 0 Å². The maximum absolute atomic E-state index is 13.1. The summed E-state index contributed by atoms with van der Waals surface area (Å²) in [6.07, 6.45) is 1.96. The van der Waals surface area contributed by atoms with Crippen molar-refractivity contribution in [2.75, 3.05) is 32.7 Å². The maximum Gasteiger partial charge on any atom is 0.257 e. The molecule has 8 heteroatoms. The topological polar surface area (TPSA) is 81.2 Å². The minimum Gasteiger partial charge on any atom is -0.493 e. The van der Waals surface area contributed by atoms with Gasteiger partial charge in [0.1, 0.15) is 5.82 Å². The lowest BCUT2D eigenvalue weighted by molar-refractivity contribution is 0.0975. The number of nitrogens with one attached hydrogen (secondary N) is 2. The summed E-state index contributed by atoms with van der Waals surface area (Å²) in [5.74, 6) is 0.593. The summed E-state index contributed by atoms with van der Waals surface area (Å²) >= 11 is 0. The summed E-state index contributed by atoms with van der Waals surface area (Å²) in [7, 11) is 3.10. The van der Waals surface area contributed by atoms with E-state index in [1.165, 1.54) is 24.3 Å². The highest BCUT2D eigenvalue weighted by Crippen LogP contribution is 2.29. The Hall–Kier alpha value is -3.13. The Bertz CT molecular complexity index is 865. The molecule has 2 N–H and O–H groups in total. The Kier molecular flexibility index (Phi) is 7.02. The summed E-state index contributed by atoms with van der Waals surface area (Å²) in [6, 6.07) is 10.6. The van der Waals surface area contributed by atoms with Crippen LogP contribution < -0.4 is 20.1 Å². The van der Waals surface area contributed by atoms with E-state index in [1.807, 2.05) is 0 Å². The van der Waals surface area contributed by atoms with E-state index in [0.717, 1.165) is 19.4 Å². The standard InChI is InChI=1S/C21H24FN3O4/c1-27-18-10-9-16(12-19(18)28-2)24-21(23-13-17-4-3-11-29-17)25-20(26)14-5-7-15(22)8-6-14/h5-10,12,17H,3-4,11,13H2,1-2H3,(H2,23,24,25,26)/t17-/m1/s1. The van der Waals surface area contributed by atoms with Crippen molar-refractivity contribution in [3.8, 4) is 11.5 Å². The molecule has 0 saturated carbocycles. The van der Waals surface area contributed by atoms with Crippen LogP contribution in [0.1, 0.15) is 23.2 Å². The summed E-state index contributed by atoms with van der Waals surface area (Å²) in [5, 5.41) is 5.84. The van der Waals surface area contributed by atoms with Crippen LogP contribution >= 0.6 is 0 Å². The lowest BCUT2D eigenvalue weighted by Gasteiger charge is -2.15. The van der Waals surface area contributed by atoms with Gasteiger partial charge in [-0.05, 0) is 49.2 Å². The zero-order valence-electron chi connectivity index (χ0n) is 16.4. The fourth-order valence-corrected chi connectivity index (χ4v) is 2.92. The molecule has 1 heterocycles. The summed E-state index contributed by atoms with van der Waals surface area (Å²) < 4.78 is 29.3. The van der Waals surface area contributed by atoms with Gasteiger partial charge in [-0.2, -0.15) is 0 Å². The highest BCUT2D eigenvalue weighted by Gasteiger charge is 2.16. The van der Waals surface area contributed by atoms with E-state index in [4.69, 9.17) is 14.2 Å². The van der Waals surface area contributed by atoms with E-state index in [0.29, 0.717) is 29.3 Å². The molecule has 2 aromatic rings. The molecule has 0 aromatic heterocycles. The van der Waals surface area contributed by atoms with Crippen LogP contribution in [0.25, 0.3) is 0 Å². The van der Waals surface area contributed by atoms with Crippen molar-refractivity contribution in [3.63, 3.8) is 0 Å². The number of hydrogen-bond donors (Lipinski definition) is 2. The number of halogens is 1. The lowest BCUT2D eigenvalue weighted by atomic mass is 10.2. The van der Waals surface area contributed by atoms with Crippen molar-refractivity contribution in [3.05, 3.63) is 53.8 Å². The maximum atomic E-state index is 13.1. The van der Waals surface area contributed by atoms with Crippen LogP contribution in [0.5, 0.6) is 11.5 Å². The van der Waals surface area contributed by atoms with Gasteiger partial charge in [-0.15, -0.1) is 0 Å². The third-order valence-corrected chi connectivity index (χ3v) is 4.46.